The van der Waals surface area contributed by atoms with E-state index in [1.807, 2.05) is 42.5 Å². The predicted octanol–water partition coefficient (Wildman–Crippen LogP) is 5.31. The van der Waals surface area contributed by atoms with Crippen molar-refractivity contribution in [2.45, 2.75) is 19.5 Å². The van der Waals surface area contributed by atoms with Gasteiger partial charge in [-0.25, -0.2) is 14.8 Å². The fourth-order valence-electron chi connectivity index (χ4n) is 3.96. The Kier molecular flexibility index (Phi) is 8.22. The number of H-pyrrole nitrogens is 1. The second-order valence-corrected chi connectivity index (χ2v) is 8.84. The Bertz CT molecular complexity index is 1640. The normalized spacial score (nSPS) is 11.2. The molecule has 2 aromatic heterocycles. The lowest BCUT2D eigenvalue weighted by atomic mass is 10.3. The van der Waals surface area contributed by atoms with Gasteiger partial charge in [0.25, 0.3) is 5.91 Å². The highest BCUT2D eigenvalue weighted by Gasteiger charge is 2.31. The molecule has 0 aliphatic carbocycles. The van der Waals surface area contributed by atoms with Crippen LogP contribution in [-0.4, -0.2) is 44.4 Å². The van der Waals surface area contributed by atoms with Crippen molar-refractivity contribution >= 4 is 34.5 Å². The largest absolute Gasteiger partial charge is 0.573 e. The quantitative estimate of drug-likeness (QED) is 0.177. The lowest BCUT2D eigenvalue weighted by Crippen LogP contribution is -2.27. The number of carbonyl (C=O) groups is 2. The van der Waals surface area contributed by atoms with Crippen molar-refractivity contribution < 1.29 is 32.2 Å². The Morgan fingerprint density at radius 3 is 2.36 bits per heavy atom. The van der Waals surface area contributed by atoms with E-state index in [0.717, 1.165) is 23.2 Å². The third-order valence-electron chi connectivity index (χ3n) is 5.77. The van der Waals surface area contributed by atoms with E-state index in [9.17, 15) is 22.8 Å². The molecule has 0 spiro atoms. The highest BCUT2D eigenvalue weighted by Crippen LogP contribution is 2.24. The SMILES string of the molecule is O=C(Nc1ccc(OC(F)(F)F)cc1)Nc1cn(CCOc2ccccc2)c(C(=O)NCc2nc3ccccc3[nH]2)n1. The molecule has 0 atom stereocenters. The molecular weight excluding hydrogens is 555 g/mol. The molecule has 14 heteroatoms. The average Bonchev–Trinajstić information content (AvgIpc) is 3.56. The van der Waals surface area contributed by atoms with Crippen LogP contribution in [0.15, 0.2) is 85.1 Å². The number of para-hydroxylation sites is 3. The van der Waals surface area contributed by atoms with Gasteiger partial charge in [-0.15, -0.1) is 13.2 Å². The summed E-state index contributed by atoms with van der Waals surface area (Å²) >= 11 is 0. The molecule has 0 aliphatic rings. The summed E-state index contributed by atoms with van der Waals surface area (Å²) < 4.78 is 48.2. The van der Waals surface area contributed by atoms with Gasteiger partial charge in [-0.2, -0.15) is 0 Å². The van der Waals surface area contributed by atoms with Crippen LogP contribution in [0, 0.1) is 0 Å². The van der Waals surface area contributed by atoms with Crippen LogP contribution in [0.2, 0.25) is 0 Å². The van der Waals surface area contributed by atoms with E-state index >= 15 is 0 Å². The van der Waals surface area contributed by atoms with E-state index in [1.54, 1.807) is 12.1 Å². The number of alkyl halides is 3. The second kappa shape index (κ2) is 12.3. The Balaban J connectivity index is 1.25. The van der Waals surface area contributed by atoms with Gasteiger partial charge in [0, 0.05) is 11.9 Å². The standard InChI is InChI=1S/C28H24F3N7O4/c29-28(30,31)42-20-12-10-18(11-13-20)33-27(40)37-24-17-38(14-15-41-19-6-2-1-3-7-19)25(36-24)26(39)32-16-23-34-21-8-4-5-9-22(21)35-23/h1-13,17H,14-16H2,(H,32,39)(H,34,35)(H2,33,37,40). The third-order valence-corrected chi connectivity index (χ3v) is 5.77. The highest BCUT2D eigenvalue weighted by molar-refractivity contribution is 6.00. The van der Waals surface area contributed by atoms with Crippen molar-refractivity contribution in [1.82, 2.24) is 24.8 Å². The summed E-state index contributed by atoms with van der Waals surface area (Å²) in [6, 6.07) is 20.5. The van der Waals surface area contributed by atoms with E-state index < -0.39 is 24.1 Å². The number of nitrogens with zero attached hydrogens (tertiary/aromatic N) is 3. The number of benzene rings is 3. The maximum atomic E-state index is 13.1. The zero-order chi connectivity index (χ0) is 29.5. The van der Waals surface area contributed by atoms with E-state index in [0.29, 0.717) is 11.6 Å². The van der Waals surface area contributed by atoms with Gasteiger partial charge in [-0.3, -0.25) is 10.1 Å². The number of ether oxygens (including phenoxy) is 2. The molecule has 42 heavy (non-hydrogen) atoms. The van der Waals surface area contributed by atoms with Crippen LogP contribution in [-0.2, 0) is 13.1 Å². The number of anilines is 2. The molecular formula is C28H24F3N7O4. The van der Waals surface area contributed by atoms with Crippen LogP contribution < -0.4 is 25.4 Å². The second-order valence-electron chi connectivity index (χ2n) is 8.84. The molecule has 0 bridgehead atoms. The molecule has 0 unspecified atom stereocenters. The summed E-state index contributed by atoms with van der Waals surface area (Å²) in [5, 5.41) is 7.79. The van der Waals surface area contributed by atoms with Gasteiger partial charge in [0.1, 0.15) is 23.9 Å². The van der Waals surface area contributed by atoms with Crippen molar-refractivity contribution in [3.63, 3.8) is 0 Å². The molecule has 0 saturated carbocycles. The third kappa shape index (κ3) is 7.56. The fraction of sp³-hybridized carbons (Fsp3) is 0.143. The van der Waals surface area contributed by atoms with E-state index in [-0.39, 0.29) is 37.0 Å². The summed E-state index contributed by atoms with van der Waals surface area (Å²) in [6.07, 6.45) is -3.35. The monoisotopic (exact) mass is 579 g/mol. The molecule has 5 rings (SSSR count). The van der Waals surface area contributed by atoms with Crippen LogP contribution in [0.1, 0.15) is 16.4 Å². The van der Waals surface area contributed by atoms with Crippen molar-refractivity contribution in [1.29, 1.82) is 0 Å². The van der Waals surface area contributed by atoms with Gasteiger partial charge in [0.15, 0.2) is 5.82 Å². The van der Waals surface area contributed by atoms with E-state index in [4.69, 9.17) is 4.74 Å². The summed E-state index contributed by atoms with van der Waals surface area (Å²) in [5.41, 5.74) is 1.81. The number of fused-ring (bicyclic) bond motifs is 1. The number of nitrogens with one attached hydrogen (secondary N) is 4. The zero-order valence-electron chi connectivity index (χ0n) is 21.8. The lowest BCUT2D eigenvalue weighted by Gasteiger charge is -2.10. The van der Waals surface area contributed by atoms with Gasteiger partial charge in [0.2, 0.25) is 5.82 Å². The molecule has 11 nitrogen and oxygen atoms in total. The number of rotatable bonds is 10. The maximum Gasteiger partial charge on any atom is 0.573 e. The summed E-state index contributed by atoms with van der Waals surface area (Å²) in [6.45, 7) is 0.555. The minimum Gasteiger partial charge on any atom is -0.492 e. The first-order valence-corrected chi connectivity index (χ1v) is 12.6. The number of carbonyl (C=O) groups excluding carboxylic acids is 2. The first kappa shape index (κ1) is 28.0. The molecule has 4 N–H and O–H groups in total. The van der Waals surface area contributed by atoms with Crippen molar-refractivity contribution in [2.75, 3.05) is 17.2 Å². The number of aromatic amines is 1. The molecule has 0 fully saturated rings. The van der Waals surface area contributed by atoms with Crippen molar-refractivity contribution in [3.05, 3.63) is 96.7 Å². The van der Waals surface area contributed by atoms with Crippen LogP contribution >= 0.6 is 0 Å². The Hall–Kier alpha value is -5.53. The predicted molar refractivity (Wildman–Crippen MR) is 147 cm³/mol. The van der Waals surface area contributed by atoms with Crippen molar-refractivity contribution in [3.8, 4) is 11.5 Å². The fourth-order valence-corrected chi connectivity index (χ4v) is 3.96. The van der Waals surface area contributed by atoms with Gasteiger partial charge < -0.3 is 29.7 Å². The number of aromatic nitrogens is 4. The lowest BCUT2D eigenvalue weighted by molar-refractivity contribution is -0.274. The first-order valence-electron chi connectivity index (χ1n) is 12.6. The van der Waals surface area contributed by atoms with Gasteiger partial charge in [-0.05, 0) is 48.5 Å². The minimum atomic E-state index is -4.83. The first-order chi connectivity index (χ1) is 20.2. The number of amides is 3. The Labute approximate surface area is 236 Å². The number of hydrogen-bond donors (Lipinski definition) is 4. The van der Waals surface area contributed by atoms with E-state index in [2.05, 4.69) is 35.6 Å². The summed E-state index contributed by atoms with van der Waals surface area (Å²) in [5.74, 6) is 0.356. The molecule has 5 aromatic rings. The number of halogens is 3. The molecule has 0 saturated heterocycles. The average molecular weight is 580 g/mol. The number of hydrogen-bond acceptors (Lipinski definition) is 6. The van der Waals surface area contributed by atoms with E-state index in [1.165, 1.54) is 22.9 Å². The van der Waals surface area contributed by atoms with Gasteiger partial charge in [-0.1, -0.05) is 30.3 Å². The van der Waals surface area contributed by atoms with Crippen molar-refractivity contribution in [2.24, 2.45) is 0 Å². The molecule has 216 valence electrons. The summed E-state index contributed by atoms with van der Waals surface area (Å²) in [7, 11) is 0. The topological polar surface area (TPSA) is 135 Å². The molecule has 2 heterocycles. The minimum absolute atomic E-state index is 0.0201. The van der Waals surface area contributed by atoms with Gasteiger partial charge in [0.05, 0.1) is 24.1 Å². The Morgan fingerprint density at radius 2 is 1.62 bits per heavy atom. The zero-order valence-corrected chi connectivity index (χ0v) is 21.8. The number of urea groups is 1. The molecule has 3 aromatic carbocycles. The maximum absolute atomic E-state index is 13.1. The van der Waals surface area contributed by atoms with Crippen LogP contribution in [0.3, 0.4) is 0 Å². The molecule has 0 radical (unpaired) electrons. The number of imidazole rings is 2. The van der Waals surface area contributed by atoms with Gasteiger partial charge >= 0.3 is 12.4 Å². The van der Waals surface area contributed by atoms with Crippen LogP contribution in [0.5, 0.6) is 11.5 Å². The highest BCUT2D eigenvalue weighted by atomic mass is 19.4. The smallest absolute Gasteiger partial charge is 0.492 e. The Morgan fingerprint density at radius 1 is 0.881 bits per heavy atom. The molecule has 0 aliphatic heterocycles. The van der Waals surface area contributed by atoms with Crippen LogP contribution in [0.4, 0.5) is 29.5 Å². The van der Waals surface area contributed by atoms with Crippen LogP contribution in [0.25, 0.3) is 11.0 Å². The molecule has 3 amide bonds. The summed E-state index contributed by atoms with van der Waals surface area (Å²) in [4.78, 5) is 37.5.